The molecular weight excluding hydrogens is 400 g/mol. The molecular formula is C18H21F2N7OS. The molecule has 29 heavy (non-hydrogen) atoms. The Balaban J connectivity index is 1.54. The molecule has 154 valence electrons. The summed E-state index contributed by atoms with van der Waals surface area (Å²) in [6, 6.07) is 1.60. The van der Waals surface area contributed by atoms with Crippen molar-refractivity contribution in [2.75, 3.05) is 5.32 Å². The monoisotopic (exact) mass is 421 g/mol. The van der Waals surface area contributed by atoms with Crippen LogP contribution in [0.1, 0.15) is 37.2 Å². The summed E-state index contributed by atoms with van der Waals surface area (Å²) < 4.78 is 34.2. The SMILES string of the molecule is Cc1csc(-c2nc(NC3CCC(F)(F)CC3)cc(OCc3ncn(C)n3)n2)n1. The minimum absolute atomic E-state index is 0.0688. The Bertz CT molecular complexity index is 980. The van der Waals surface area contributed by atoms with Gasteiger partial charge < -0.3 is 10.1 Å². The standard InChI is InChI=1S/C18H21F2N7OS/c1-11-9-29-17(22-11)16-24-13(23-12-3-5-18(19,20)6-4-12)7-15(25-16)28-8-14-21-10-27(2)26-14/h7,9-10,12H,3-6,8H2,1-2H3,(H,23,24,25). The van der Waals surface area contributed by atoms with Gasteiger partial charge in [0.05, 0.1) is 0 Å². The van der Waals surface area contributed by atoms with Crippen molar-refractivity contribution in [2.24, 2.45) is 7.05 Å². The number of aromatic nitrogens is 6. The number of ether oxygens (including phenoxy) is 1. The molecule has 1 fully saturated rings. The highest BCUT2D eigenvalue weighted by molar-refractivity contribution is 7.13. The molecule has 0 bridgehead atoms. The van der Waals surface area contributed by atoms with E-state index in [4.69, 9.17) is 4.74 Å². The van der Waals surface area contributed by atoms with Crippen molar-refractivity contribution in [1.29, 1.82) is 0 Å². The van der Waals surface area contributed by atoms with Crippen LogP contribution in [0.3, 0.4) is 0 Å². The lowest BCUT2D eigenvalue weighted by molar-refractivity contribution is -0.0361. The summed E-state index contributed by atoms with van der Waals surface area (Å²) in [5.74, 6) is -0.738. The molecule has 8 nitrogen and oxygen atoms in total. The number of rotatable bonds is 6. The summed E-state index contributed by atoms with van der Waals surface area (Å²) in [6.07, 6.45) is 2.12. The van der Waals surface area contributed by atoms with Crippen molar-refractivity contribution < 1.29 is 13.5 Å². The fraction of sp³-hybridized carbons (Fsp3) is 0.500. The maximum absolute atomic E-state index is 13.4. The number of nitrogens with zero attached hydrogens (tertiary/aromatic N) is 6. The Hall–Kier alpha value is -2.69. The van der Waals surface area contributed by atoms with Crippen LogP contribution in [0.5, 0.6) is 5.88 Å². The summed E-state index contributed by atoms with van der Waals surface area (Å²) >= 11 is 1.44. The number of hydrogen-bond acceptors (Lipinski definition) is 8. The van der Waals surface area contributed by atoms with Crippen LogP contribution < -0.4 is 10.1 Å². The Labute approximate surface area is 170 Å². The highest BCUT2D eigenvalue weighted by Crippen LogP contribution is 2.34. The van der Waals surface area contributed by atoms with Crippen LogP contribution >= 0.6 is 11.3 Å². The summed E-state index contributed by atoms with van der Waals surface area (Å²) in [5.41, 5.74) is 0.877. The van der Waals surface area contributed by atoms with Gasteiger partial charge in [0.1, 0.15) is 12.1 Å². The van der Waals surface area contributed by atoms with Crippen molar-refractivity contribution in [3.05, 3.63) is 29.3 Å². The zero-order valence-electron chi connectivity index (χ0n) is 16.1. The second-order valence-corrected chi connectivity index (χ2v) is 7.96. The third kappa shape index (κ3) is 5.03. The average Bonchev–Trinajstić information content (AvgIpc) is 3.30. The molecule has 0 spiro atoms. The van der Waals surface area contributed by atoms with E-state index in [1.807, 2.05) is 12.3 Å². The third-order valence-electron chi connectivity index (χ3n) is 4.58. The molecule has 0 amide bonds. The van der Waals surface area contributed by atoms with Gasteiger partial charge in [0.2, 0.25) is 11.8 Å². The molecule has 1 N–H and O–H groups in total. The summed E-state index contributed by atoms with van der Waals surface area (Å²) in [5, 5.41) is 10.0. The quantitative estimate of drug-likeness (QED) is 0.650. The molecule has 0 aliphatic heterocycles. The zero-order valence-corrected chi connectivity index (χ0v) is 16.9. The molecule has 1 aliphatic rings. The maximum Gasteiger partial charge on any atom is 0.248 e. The van der Waals surface area contributed by atoms with Crippen LogP contribution in [-0.4, -0.2) is 41.7 Å². The molecule has 11 heteroatoms. The Morgan fingerprint density at radius 1 is 1.28 bits per heavy atom. The van der Waals surface area contributed by atoms with Crippen LogP contribution in [0, 0.1) is 6.92 Å². The highest BCUT2D eigenvalue weighted by atomic mass is 32.1. The van der Waals surface area contributed by atoms with Gasteiger partial charge in [0.25, 0.3) is 0 Å². The number of thiazole rings is 1. The predicted octanol–water partition coefficient (Wildman–Crippen LogP) is 3.61. The number of aryl methyl sites for hydroxylation is 2. The maximum atomic E-state index is 13.4. The molecule has 3 heterocycles. The molecule has 3 aromatic rings. The Kier molecular flexibility index (Phi) is 5.39. The largest absolute Gasteiger partial charge is 0.469 e. The van der Waals surface area contributed by atoms with E-state index in [0.717, 1.165) is 5.69 Å². The molecule has 0 atom stereocenters. The van der Waals surface area contributed by atoms with Gasteiger partial charge in [-0.3, -0.25) is 4.68 Å². The van der Waals surface area contributed by atoms with E-state index in [1.54, 1.807) is 24.1 Å². The van der Waals surface area contributed by atoms with Gasteiger partial charge in [-0.15, -0.1) is 11.3 Å². The summed E-state index contributed by atoms with van der Waals surface area (Å²) in [4.78, 5) is 17.5. The molecule has 0 radical (unpaired) electrons. The molecule has 0 saturated heterocycles. The highest BCUT2D eigenvalue weighted by Gasteiger charge is 2.35. The van der Waals surface area contributed by atoms with Crippen LogP contribution in [-0.2, 0) is 13.7 Å². The van der Waals surface area contributed by atoms with E-state index in [2.05, 4.69) is 30.4 Å². The van der Waals surface area contributed by atoms with Gasteiger partial charge in [-0.1, -0.05) is 0 Å². The molecule has 0 aromatic carbocycles. The van der Waals surface area contributed by atoms with Gasteiger partial charge in [-0.2, -0.15) is 10.1 Å². The first-order valence-electron chi connectivity index (χ1n) is 9.29. The summed E-state index contributed by atoms with van der Waals surface area (Å²) in [7, 11) is 1.78. The normalized spacial score (nSPS) is 16.7. The molecule has 4 rings (SSSR count). The van der Waals surface area contributed by atoms with Crippen molar-refractivity contribution in [2.45, 2.75) is 51.2 Å². The van der Waals surface area contributed by atoms with E-state index in [9.17, 15) is 8.78 Å². The van der Waals surface area contributed by atoms with E-state index in [-0.39, 0.29) is 25.5 Å². The molecule has 1 saturated carbocycles. The third-order valence-corrected chi connectivity index (χ3v) is 5.53. The zero-order chi connectivity index (χ0) is 20.4. The van der Waals surface area contributed by atoms with E-state index in [1.165, 1.54) is 11.3 Å². The fourth-order valence-electron chi connectivity index (χ4n) is 3.11. The second-order valence-electron chi connectivity index (χ2n) is 7.11. The average molecular weight is 421 g/mol. The van der Waals surface area contributed by atoms with Gasteiger partial charge in [0.15, 0.2) is 23.3 Å². The fourth-order valence-corrected chi connectivity index (χ4v) is 3.84. The van der Waals surface area contributed by atoms with Crippen LogP contribution in [0.2, 0.25) is 0 Å². The number of anilines is 1. The van der Waals surface area contributed by atoms with Crippen LogP contribution in [0.25, 0.3) is 10.8 Å². The van der Waals surface area contributed by atoms with E-state index >= 15 is 0 Å². The number of hydrogen-bond donors (Lipinski definition) is 1. The Morgan fingerprint density at radius 2 is 2.07 bits per heavy atom. The lowest BCUT2D eigenvalue weighted by atomic mass is 9.92. The molecule has 0 unspecified atom stereocenters. The minimum Gasteiger partial charge on any atom is -0.469 e. The first-order chi connectivity index (χ1) is 13.9. The molecule has 3 aromatic heterocycles. The summed E-state index contributed by atoms with van der Waals surface area (Å²) in [6.45, 7) is 2.05. The Morgan fingerprint density at radius 3 is 2.72 bits per heavy atom. The molecule has 1 aliphatic carbocycles. The second kappa shape index (κ2) is 7.97. The van der Waals surface area contributed by atoms with Crippen LogP contribution in [0.15, 0.2) is 17.8 Å². The number of alkyl halides is 2. The number of halogens is 2. The minimum atomic E-state index is -2.57. The van der Waals surface area contributed by atoms with Gasteiger partial charge in [-0.25, -0.2) is 23.7 Å². The topological polar surface area (TPSA) is 90.6 Å². The van der Waals surface area contributed by atoms with Crippen molar-refractivity contribution >= 4 is 17.2 Å². The number of nitrogens with one attached hydrogen (secondary N) is 1. The van der Waals surface area contributed by atoms with E-state index in [0.29, 0.717) is 41.2 Å². The van der Waals surface area contributed by atoms with Crippen molar-refractivity contribution in [1.82, 2.24) is 29.7 Å². The lowest BCUT2D eigenvalue weighted by Gasteiger charge is -2.29. The van der Waals surface area contributed by atoms with Crippen molar-refractivity contribution in [3.8, 4) is 16.7 Å². The smallest absolute Gasteiger partial charge is 0.248 e. The first kappa shape index (κ1) is 19.6. The van der Waals surface area contributed by atoms with Gasteiger partial charge >= 0.3 is 0 Å². The first-order valence-corrected chi connectivity index (χ1v) is 10.2. The van der Waals surface area contributed by atoms with Gasteiger partial charge in [-0.05, 0) is 19.8 Å². The predicted molar refractivity (Wildman–Crippen MR) is 104 cm³/mol. The lowest BCUT2D eigenvalue weighted by Crippen LogP contribution is -2.32. The van der Waals surface area contributed by atoms with E-state index < -0.39 is 5.92 Å². The van der Waals surface area contributed by atoms with Crippen molar-refractivity contribution in [3.63, 3.8) is 0 Å². The van der Waals surface area contributed by atoms with Gasteiger partial charge in [0, 0.05) is 43.1 Å². The van der Waals surface area contributed by atoms with Crippen LogP contribution in [0.4, 0.5) is 14.6 Å².